The zero-order valence-electron chi connectivity index (χ0n) is 17.1. The van der Waals surface area contributed by atoms with Crippen LogP contribution in [0.3, 0.4) is 0 Å². The van der Waals surface area contributed by atoms with Gasteiger partial charge in [-0.3, -0.25) is 20.2 Å². The van der Waals surface area contributed by atoms with E-state index in [2.05, 4.69) is 25.3 Å². The van der Waals surface area contributed by atoms with Crippen molar-refractivity contribution in [3.05, 3.63) is 20.2 Å². The molecule has 0 atom stereocenters. The zero-order valence-corrected chi connectivity index (χ0v) is 21.1. The first-order chi connectivity index (χ1) is 12.5. The average molecular weight is 620 g/mol. The van der Waals surface area contributed by atoms with E-state index in [1.807, 2.05) is 0 Å². The molecule has 200 valence electrons. The minimum Gasteiger partial charge on any atom is -0.412 e. The first kappa shape index (κ1) is 85.2. The molecular formula is C10H32Fe2N6O13S2+8. The van der Waals surface area contributed by atoms with Crippen molar-refractivity contribution in [3.63, 3.8) is 0 Å². The van der Waals surface area contributed by atoms with E-state index in [0.29, 0.717) is 12.8 Å². The maximum atomic E-state index is 9.75. The molecule has 0 bridgehead atoms. The van der Waals surface area contributed by atoms with Gasteiger partial charge in [-0.15, -0.1) is 0 Å². The van der Waals surface area contributed by atoms with Gasteiger partial charge in [0.05, 0.1) is 0 Å². The fourth-order valence-electron chi connectivity index (χ4n) is 1.06. The summed E-state index contributed by atoms with van der Waals surface area (Å²) in [5, 5.41) is 19.5. The summed E-state index contributed by atoms with van der Waals surface area (Å²) >= 11 is 7.95. The van der Waals surface area contributed by atoms with E-state index in [0.717, 1.165) is 37.2 Å². The van der Waals surface area contributed by atoms with Gasteiger partial charge in [-0.25, -0.2) is 0 Å². The topological polar surface area (TPSA) is 419 Å². The Morgan fingerprint density at radius 3 is 0.818 bits per heavy atom. The third-order valence-corrected chi connectivity index (χ3v) is 2.63. The molecule has 0 rings (SSSR count). The summed E-state index contributed by atoms with van der Waals surface area (Å²) in [6, 6.07) is 0. The van der Waals surface area contributed by atoms with Crippen LogP contribution in [-0.4, -0.2) is 61.8 Å². The summed E-state index contributed by atoms with van der Waals surface area (Å²) in [5.41, 5.74) is 23.0. The molecule has 0 saturated heterocycles. The van der Waals surface area contributed by atoms with E-state index in [1.54, 1.807) is 0 Å². The molecule has 0 amide bonds. The minimum absolute atomic E-state index is 0. The summed E-state index contributed by atoms with van der Waals surface area (Å²) in [7, 11) is 0. The molecule has 0 fully saturated rings. The average Bonchev–Trinajstić information content (AvgIpc) is 2.69. The first-order valence-corrected chi connectivity index (χ1v) is 7.99. The number of nitro groups is 2. The van der Waals surface area contributed by atoms with Crippen LogP contribution in [0.5, 0.6) is 0 Å². The van der Waals surface area contributed by atoms with Crippen LogP contribution in [0.2, 0.25) is 0 Å². The van der Waals surface area contributed by atoms with Gasteiger partial charge in [0.25, 0.3) is 0 Å². The Kier molecular flexibility index (Phi) is 320. The number of hydrogen-bond donors (Lipinski definition) is 2. The van der Waals surface area contributed by atoms with Gasteiger partial charge in [0.1, 0.15) is 0 Å². The maximum absolute atomic E-state index is 9.75. The van der Waals surface area contributed by atoms with Gasteiger partial charge in [-0.2, -0.15) is 25.3 Å². The van der Waals surface area contributed by atoms with Crippen LogP contribution in [0.15, 0.2) is 0 Å². The Labute approximate surface area is 220 Å². The predicted molar refractivity (Wildman–Crippen MR) is 107 cm³/mol. The van der Waals surface area contributed by atoms with Crippen molar-refractivity contribution in [2.45, 2.75) is 38.5 Å². The van der Waals surface area contributed by atoms with Crippen LogP contribution >= 0.6 is 25.3 Å². The molecule has 23 heteroatoms. The van der Waals surface area contributed by atoms with Crippen LogP contribution in [0.1, 0.15) is 38.5 Å². The van der Waals surface area contributed by atoms with Crippen molar-refractivity contribution in [1.29, 1.82) is 21.8 Å². The molecule has 0 spiro atoms. The molecule has 0 aromatic heterocycles. The smallest absolute Gasteiger partial charge is 0.412 e. The molecule has 0 unspecified atom stereocenters. The van der Waals surface area contributed by atoms with Crippen LogP contribution in [0.4, 0.5) is 0 Å². The Bertz CT molecular complexity index is 339. The zero-order chi connectivity index (χ0) is 22.2. The number of unbranched alkanes of at least 4 members (excludes halogenated alkanes) is 4. The molecule has 10 N–H and O–H groups in total. The molecule has 0 heterocycles. The van der Waals surface area contributed by atoms with Crippen molar-refractivity contribution in [3.8, 4) is 0 Å². The van der Waals surface area contributed by atoms with Crippen molar-refractivity contribution >= 4 is 25.3 Å². The van der Waals surface area contributed by atoms with Gasteiger partial charge < -0.3 is 27.4 Å². The fourth-order valence-corrected chi connectivity index (χ4v) is 1.51. The summed E-state index contributed by atoms with van der Waals surface area (Å²) in [5.74, 6) is 1.66. The molecule has 0 aliphatic rings. The molecule has 0 aliphatic heterocycles. The maximum Gasteiger partial charge on any atom is 2.00 e. The molecule has 33 heavy (non-hydrogen) atoms. The van der Waals surface area contributed by atoms with E-state index in [4.69, 9.17) is 40.9 Å². The molecule has 0 saturated carbocycles. The summed E-state index contributed by atoms with van der Waals surface area (Å²) < 4.78 is 29.0. The summed E-state index contributed by atoms with van der Waals surface area (Å²) in [4.78, 5) is 18.9. The van der Waals surface area contributed by atoms with E-state index in [1.165, 1.54) is 0 Å². The molecule has 0 aromatic carbocycles. The van der Waals surface area contributed by atoms with E-state index < -0.39 is 0 Å². The second-order valence-corrected chi connectivity index (χ2v) is 4.58. The second kappa shape index (κ2) is 124. The Hall–Kier alpha value is -0.981. The quantitative estimate of drug-likeness (QED) is 0.0697. The third kappa shape index (κ3) is 215. The number of nitrogens with zero attached hydrogens (tertiary/aromatic N) is 6. The monoisotopic (exact) mass is 620 g/mol. The molecule has 0 aliphatic carbocycles. The van der Waals surface area contributed by atoms with Gasteiger partial charge in [0, 0.05) is 22.7 Å². The van der Waals surface area contributed by atoms with Gasteiger partial charge in [-0.1, -0.05) is 0 Å². The van der Waals surface area contributed by atoms with Crippen molar-refractivity contribution in [2.75, 3.05) is 24.6 Å². The van der Waals surface area contributed by atoms with Gasteiger partial charge in [0.2, 0.25) is 13.1 Å². The van der Waals surface area contributed by atoms with Crippen LogP contribution in [0.25, 0.3) is 0 Å². The number of rotatable bonds is 10. The minimum atomic E-state index is -0.279. The van der Waals surface area contributed by atoms with Crippen LogP contribution in [-0.2, 0) is 53.2 Å². The summed E-state index contributed by atoms with van der Waals surface area (Å²) in [6.07, 6.45) is 5.18. The van der Waals surface area contributed by atoms with Crippen molar-refractivity contribution in [2.24, 2.45) is 0 Å². The predicted octanol–water partition coefficient (Wildman–Crippen LogP) is -1.82. The summed E-state index contributed by atoms with van der Waals surface area (Å²) in [6.45, 7) is 0.210. The Morgan fingerprint density at radius 1 is 0.515 bits per heavy atom. The van der Waals surface area contributed by atoms with Crippen molar-refractivity contribution in [1.82, 2.24) is 0 Å². The fraction of sp³-hybridized carbons (Fsp3) is 1.00. The van der Waals surface area contributed by atoms with Gasteiger partial charge in [-0.05, 0) is 37.2 Å². The van der Waals surface area contributed by atoms with Gasteiger partial charge in [0.15, 0.2) is 0 Å². The normalized spacial score (nSPS) is 5.39. The largest absolute Gasteiger partial charge is 2.00 e. The molecule has 0 radical (unpaired) electrons. The second-order valence-electron chi connectivity index (χ2n) is 3.68. The molecule has 0 aromatic rings. The van der Waals surface area contributed by atoms with E-state index in [9.17, 15) is 20.2 Å². The Morgan fingerprint density at radius 2 is 0.697 bits per heavy atom. The van der Waals surface area contributed by atoms with Crippen LogP contribution in [0, 0.1) is 42.1 Å². The molecular weight excluding hydrogens is 588 g/mol. The van der Waals surface area contributed by atoms with Crippen molar-refractivity contribution < 1.29 is 90.5 Å². The number of thiol groups is 2. The SMILES string of the molecule is N#[O+].N#[O+].N#[O+].N#[O+].O.O.O.O.O.O=[N+]([O-])CCCCCS.O=[N+]([O-])CCCCCS.[Fe+2].[Fe+2]. The van der Waals surface area contributed by atoms with E-state index >= 15 is 0 Å². The number of hydrogen-bond acceptors (Lipinski definition) is 10. The molecule has 19 nitrogen and oxygen atoms in total. The van der Waals surface area contributed by atoms with E-state index in [-0.39, 0.29) is 84.5 Å². The first-order valence-electron chi connectivity index (χ1n) is 6.73. The van der Waals surface area contributed by atoms with Gasteiger partial charge >= 0.3 is 75.1 Å². The third-order valence-electron chi connectivity index (χ3n) is 2.00. The Balaban J connectivity index is -0.0000000145. The van der Waals surface area contributed by atoms with Crippen LogP contribution < -0.4 is 0 Å². The standard InChI is InChI=1S/2C5H11NO2S.2Fe.4NO.5H2O/c2*7-6(8)4-2-1-3-5-9;;;4*1-2;;;;;/h2*9H,1-5H2;;;;;;;5*1H2/q;;2*+2;4*+1;;;;;.